The van der Waals surface area contributed by atoms with Crippen LogP contribution in [-0.2, 0) is 10.0 Å². The van der Waals surface area contributed by atoms with E-state index in [-0.39, 0.29) is 10.9 Å². The molecule has 2 unspecified atom stereocenters. The van der Waals surface area contributed by atoms with E-state index in [1.54, 1.807) is 18.2 Å². The third-order valence-electron chi connectivity index (χ3n) is 3.52. The molecule has 2 rings (SSSR count). The predicted molar refractivity (Wildman–Crippen MR) is 71.9 cm³/mol. The van der Waals surface area contributed by atoms with Crippen LogP contribution in [0.1, 0.15) is 26.2 Å². The van der Waals surface area contributed by atoms with Crippen LogP contribution in [0.3, 0.4) is 0 Å². The molecule has 6 heteroatoms. The Morgan fingerprint density at radius 3 is 2.37 bits per heavy atom. The number of carbonyl (C=O) groups is 1. The van der Waals surface area contributed by atoms with Crippen molar-refractivity contribution < 1.29 is 13.2 Å². The van der Waals surface area contributed by atoms with E-state index < -0.39 is 16.1 Å². The Labute approximate surface area is 113 Å². The number of rotatable bonds is 3. The van der Waals surface area contributed by atoms with Crippen molar-refractivity contribution >= 4 is 16.1 Å². The summed E-state index contributed by atoms with van der Waals surface area (Å²) >= 11 is 0. The molecule has 0 aliphatic heterocycles. The summed E-state index contributed by atoms with van der Waals surface area (Å²) in [5.74, 6) is 0.415. The largest absolute Gasteiger partial charge is 0.351 e. The molecule has 2 amide bonds. The third kappa shape index (κ3) is 2.73. The van der Waals surface area contributed by atoms with Crippen molar-refractivity contribution in [3.05, 3.63) is 30.3 Å². The van der Waals surface area contributed by atoms with Gasteiger partial charge in [0, 0.05) is 0 Å². The fourth-order valence-corrected chi connectivity index (χ4v) is 4.14. The Morgan fingerprint density at radius 1 is 1.26 bits per heavy atom. The predicted octanol–water partition coefficient (Wildman–Crippen LogP) is 1.94. The highest BCUT2D eigenvalue weighted by Crippen LogP contribution is 2.32. The highest BCUT2D eigenvalue weighted by molar-refractivity contribution is 7.89. The van der Waals surface area contributed by atoms with Crippen molar-refractivity contribution in [1.82, 2.24) is 4.31 Å². The second-order valence-corrected chi connectivity index (χ2v) is 6.84. The molecule has 5 nitrogen and oxygen atoms in total. The van der Waals surface area contributed by atoms with Crippen LogP contribution in [0.5, 0.6) is 0 Å². The Hall–Kier alpha value is -1.56. The molecule has 1 saturated carbocycles. The molecule has 0 spiro atoms. The molecule has 1 aromatic rings. The molecule has 1 aromatic carbocycles. The van der Waals surface area contributed by atoms with E-state index in [2.05, 4.69) is 0 Å². The second kappa shape index (κ2) is 5.21. The molecule has 104 valence electrons. The molecular weight excluding hydrogens is 264 g/mol. The van der Waals surface area contributed by atoms with Gasteiger partial charge in [0.2, 0.25) is 0 Å². The van der Waals surface area contributed by atoms with E-state index in [9.17, 15) is 13.2 Å². The second-order valence-electron chi connectivity index (χ2n) is 5.02. The topological polar surface area (TPSA) is 80.5 Å². The standard InChI is InChI=1S/C13H18N2O3S/c1-10-7-8-11(9-10)15(13(14)16)19(17,18)12-5-3-2-4-6-12/h2-6,10-11H,7-9H2,1H3,(H2,14,16). The number of hydrogen-bond acceptors (Lipinski definition) is 3. The van der Waals surface area contributed by atoms with Gasteiger partial charge in [0.1, 0.15) is 0 Å². The van der Waals surface area contributed by atoms with Gasteiger partial charge in [-0.3, -0.25) is 0 Å². The summed E-state index contributed by atoms with van der Waals surface area (Å²) in [6.07, 6.45) is 2.27. The zero-order chi connectivity index (χ0) is 14.0. The first-order valence-corrected chi connectivity index (χ1v) is 7.76. The van der Waals surface area contributed by atoms with Gasteiger partial charge in [-0.25, -0.2) is 17.5 Å². The molecule has 0 heterocycles. The fraction of sp³-hybridized carbons (Fsp3) is 0.462. The van der Waals surface area contributed by atoms with Crippen LogP contribution >= 0.6 is 0 Å². The van der Waals surface area contributed by atoms with Crippen LogP contribution in [0.2, 0.25) is 0 Å². The number of sulfonamides is 1. The van der Waals surface area contributed by atoms with Crippen LogP contribution < -0.4 is 5.73 Å². The van der Waals surface area contributed by atoms with Crippen LogP contribution in [0.25, 0.3) is 0 Å². The minimum absolute atomic E-state index is 0.105. The summed E-state index contributed by atoms with van der Waals surface area (Å²) < 4.78 is 25.8. The van der Waals surface area contributed by atoms with Gasteiger partial charge >= 0.3 is 6.03 Å². The fourth-order valence-electron chi connectivity index (χ4n) is 2.59. The number of nitrogens with two attached hydrogens (primary N) is 1. The maximum absolute atomic E-state index is 12.5. The normalized spacial score (nSPS) is 23.2. The Morgan fingerprint density at radius 2 is 1.89 bits per heavy atom. The smallest absolute Gasteiger partial charge is 0.328 e. The molecular formula is C13H18N2O3S. The first-order chi connectivity index (χ1) is 8.93. The van der Waals surface area contributed by atoms with E-state index in [1.807, 2.05) is 6.92 Å². The van der Waals surface area contributed by atoms with Gasteiger partial charge in [-0.2, -0.15) is 0 Å². The summed E-state index contributed by atoms with van der Waals surface area (Å²) in [6, 6.07) is 6.71. The third-order valence-corrected chi connectivity index (χ3v) is 5.38. The molecule has 2 N–H and O–H groups in total. The molecule has 19 heavy (non-hydrogen) atoms. The SMILES string of the molecule is CC1CCC(N(C(N)=O)S(=O)(=O)c2ccccc2)C1. The van der Waals surface area contributed by atoms with Crippen molar-refractivity contribution in [1.29, 1.82) is 0 Å². The lowest BCUT2D eigenvalue weighted by atomic mass is 10.1. The molecule has 1 aliphatic rings. The minimum atomic E-state index is -3.85. The maximum atomic E-state index is 12.5. The molecule has 0 saturated heterocycles. The average Bonchev–Trinajstić information content (AvgIpc) is 2.76. The van der Waals surface area contributed by atoms with E-state index in [4.69, 9.17) is 5.73 Å². The van der Waals surface area contributed by atoms with Crippen molar-refractivity contribution in [2.75, 3.05) is 0 Å². The van der Waals surface area contributed by atoms with Crippen molar-refractivity contribution in [2.45, 2.75) is 37.1 Å². The zero-order valence-electron chi connectivity index (χ0n) is 10.8. The Bertz CT molecular complexity index is 557. The lowest BCUT2D eigenvalue weighted by Gasteiger charge is -2.26. The van der Waals surface area contributed by atoms with Crippen LogP contribution in [0, 0.1) is 5.92 Å². The van der Waals surface area contributed by atoms with Crippen LogP contribution in [-0.4, -0.2) is 24.8 Å². The van der Waals surface area contributed by atoms with Gasteiger partial charge in [-0.1, -0.05) is 25.1 Å². The van der Waals surface area contributed by atoms with Crippen molar-refractivity contribution in [3.8, 4) is 0 Å². The van der Waals surface area contributed by atoms with E-state index >= 15 is 0 Å². The molecule has 0 aromatic heterocycles. The van der Waals surface area contributed by atoms with Crippen LogP contribution in [0.4, 0.5) is 4.79 Å². The van der Waals surface area contributed by atoms with E-state index in [1.165, 1.54) is 12.1 Å². The summed E-state index contributed by atoms with van der Waals surface area (Å²) in [7, 11) is -3.85. The number of amides is 2. The average molecular weight is 282 g/mol. The summed E-state index contributed by atoms with van der Waals surface area (Å²) in [6.45, 7) is 2.05. The lowest BCUT2D eigenvalue weighted by Crippen LogP contribution is -2.46. The minimum Gasteiger partial charge on any atom is -0.351 e. The van der Waals surface area contributed by atoms with Gasteiger partial charge < -0.3 is 5.73 Å². The molecule has 0 bridgehead atoms. The zero-order valence-corrected chi connectivity index (χ0v) is 11.6. The van der Waals surface area contributed by atoms with E-state index in [0.717, 1.165) is 10.7 Å². The molecule has 0 radical (unpaired) electrons. The van der Waals surface area contributed by atoms with Gasteiger partial charge in [-0.15, -0.1) is 0 Å². The number of carbonyl (C=O) groups excluding carboxylic acids is 1. The number of nitrogens with zero attached hydrogens (tertiary/aromatic N) is 1. The number of primary amides is 1. The van der Waals surface area contributed by atoms with E-state index in [0.29, 0.717) is 18.8 Å². The summed E-state index contributed by atoms with van der Waals surface area (Å²) in [5.41, 5.74) is 5.29. The number of hydrogen-bond donors (Lipinski definition) is 1. The molecule has 2 atom stereocenters. The first kappa shape index (κ1) is 13.9. The number of urea groups is 1. The van der Waals surface area contributed by atoms with Crippen LogP contribution in [0.15, 0.2) is 35.2 Å². The Balaban J connectivity index is 2.37. The molecule has 1 aliphatic carbocycles. The monoisotopic (exact) mass is 282 g/mol. The van der Waals surface area contributed by atoms with Crippen molar-refractivity contribution in [2.24, 2.45) is 11.7 Å². The highest BCUT2D eigenvalue weighted by atomic mass is 32.2. The van der Waals surface area contributed by atoms with Gasteiger partial charge in [0.05, 0.1) is 10.9 Å². The highest BCUT2D eigenvalue weighted by Gasteiger charge is 2.37. The maximum Gasteiger partial charge on any atom is 0.328 e. The Kier molecular flexibility index (Phi) is 3.80. The first-order valence-electron chi connectivity index (χ1n) is 6.32. The van der Waals surface area contributed by atoms with Gasteiger partial charge in [-0.05, 0) is 37.3 Å². The lowest BCUT2D eigenvalue weighted by molar-refractivity contribution is 0.220. The summed E-state index contributed by atoms with van der Waals surface area (Å²) in [5, 5.41) is 0. The van der Waals surface area contributed by atoms with Gasteiger partial charge in [0.25, 0.3) is 10.0 Å². The molecule has 1 fully saturated rings. The van der Waals surface area contributed by atoms with Gasteiger partial charge in [0.15, 0.2) is 0 Å². The van der Waals surface area contributed by atoms with Crippen molar-refractivity contribution in [3.63, 3.8) is 0 Å². The number of benzene rings is 1. The quantitative estimate of drug-likeness (QED) is 0.920. The summed E-state index contributed by atoms with van der Waals surface area (Å²) in [4.78, 5) is 11.7.